The zero-order valence-electron chi connectivity index (χ0n) is 12.5. The molecule has 0 radical (unpaired) electrons. The van der Waals surface area contributed by atoms with Crippen LogP contribution in [0.4, 0.5) is 4.79 Å². The van der Waals surface area contributed by atoms with Gasteiger partial charge in [-0.2, -0.15) is 0 Å². The SMILES string of the molecule is CC(=O)C[C@H]1COC[C@H](C)N1C(=O)OCc1ccccc1. The molecule has 0 aliphatic carbocycles. The lowest BCUT2D eigenvalue weighted by Crippen LogP contribution is -2.54. The van der Waals surface area contributed by atoms with Gasteiger partial charge in [0.25, 0.3) is 0 Å². The van der Waals surface area contributed by atoms with Gasteiger partial charge in [-0.05, 0) is 19.4 Å². The lowest BCUT2D eigenvalue weighted by atomic mass is 10.1. The highest BCUT2D eigenvalue weighted by Gasteiger charge is 2.34. The molecule has 2 rings (SSSR count). The Morgan fingerprint density at radius 2 is 2.00 bits per heavy atom. The van der Waals surface area contributed by atoms with Crippen LogP contribution < -0.4 is 0 Å². The number of hydrogen-bond donors (Lipinski definition) is 0. The smallest absolute Gasteiger partial charge is 0.410 e. The first-order valence-electron chi connectivity index (χ1n) is 7.14. The summed E-state index contributed by atoms with van der Waals surface area (Å²) in [6, 6.07) is 9.20. The molecule has 5 heteroatoms. The quantitative estimate of drug-likeness (QED) is 0.854. The van der Waals surface area contributed by atoms with Crippen molar-refractivity contribution >= 4 is 11.9 Å². The van der Waals surface area contributed by atoms with Crippen molar-refractivity contribution < 1.29 is 19.1 Å². The highest BCUT2D eigenvalue weighted by molar-refractivity contribution is 5.77. The maximum absolute atomic E-state index is 12.3. The van der Waals surface area contributed by atoms with E-state index in [1.54, 1.807) is 4.90 Å². The van der Waals surface area contributed by atoms with Gasteiger partial charge in [-0.25, -0.2) is 4.79 Å². The van der Waals surface area contributed by atoms with Gasteiger partial charge in [-0.3, -0.25) is 9.69 Å². The van der Waals surface area contributed by atoms with E-state index in [0.717, 1.165) is 5.56 Å². The summed E-state index contributed by atoms with van der Waals surface area (Å²) in [5.41, 5.74) is 0.940. The maximum atomic E-state index is 12.3. The molecule has 0 unspecified atom stereocenters. The number of benzene rings is 1. The zero-order valence-corrected chi connectivity index (χ0v) is 12.5. The number of rotatable bonds is 4. The number of amides is 1. The van der Waals surface area contributed by atoms with Crippen molar-refractivity contribution in [2.45, 2.75) is 39.0 Å². The molecule has 1 aromatic carbocycles. The highest BCUT2D eigenvalue weighted by Crippen LogP contribution is 2.18. The summed E-state index contributed by atoms with van der Waals surface area (Å²) in [5, 5.41) is 0. The molecule has 0 N–H and O–H groups in total. The third-order valence-corrected chi connectivity index (χ3v) is 3.48. The summed E-state index contributed by atoms with van der Waals surface area (Å²) in [6.07, 6.45) is -0.0916. The van der Waals surface area contributed by atoms with Gasteiger partial charge >= 0.3 is 6.09 Å². The van der Waals surface area contributed by atoms with Gasteiger partial charge in [0.1, 0.15) is 12.4 Å². The molecule has 1 heterocycles. The third kappa shape index (κ3) is 4.29. The Labute approximate surface area is 124 Å². The first-order valence-corrected chi connectivity index (χ1v) is 7.14. The number of Topliss-reactive ketones (excluding diaryl/α,β-unsaturated/α-hetero) is 1. The van der Waals surface area contributed by atoms with Crippen LogP contribution >= 0.6 is 0 Å². The predicted molar refractivity (Wildman–Crippen MR) is 77.8 cm³/mol. The van der Waals surface area contributed by atoms with Gasteiger partial charge in [-0.1, -0.05) is 30.3 Å². The minimum atomic E-state index is -0.388. The summed E-state index contributed by atoms with van der Waals surface area (Å²) in [6.45, 7) is 4.50. The number of carbonyl (C=O) groups is 2. The van der Waals surface area contributed by atoms with Crippen molar-refractivity contribution in [2.24, 2.45) is 0 Å². The Morgan fingerprint density at radius 1 is 1.29 bits per heavy atom. The predicted octanol–water partition coefficient (Wildman–Crippen LogP) is 2.39. The van der Waals surface area contributed by atoms with E-state index in [1.165, 1.54) is 6.92 Å². The van der Waals surface area contributed by atoms with Crippen LogP contribution in [-0.2, 0) is 20.9 Å². The second kappa shape index (κ2) is 7.22. The van der Waals surface area contributed by atoms with E-state index >= 15 is 0 Å². The average molecular weight is 291 g/mol. The van der Waals surface area contributed by atoms with Gasteiger partial charge in [-0.15, -0.1) is 0 Å². The molecule has 1 fully saturated rings. The van der Waals surface area contributed by atoms with E-state index in [4.69, 9.17) is 9.47 Å². The monoisotopic (exact) mass is 291 g/mol. The lowest BCUT2D eigenvalue weighted by molar-refractivity contribution is -0.120. The van der Waals surface area contributed by atoms with Crippen molar-refractivity contribution in [1.82, 2.24) is 4.90 Å². The number of ketones is 1. The zero-order chi connectivity index (χ0) is 15.2. The Morgan fingerprint density at radius 3 is 2.67 bits per heavy atom. The minimum Gasteiger partial charge on any atom is -0.445 e. The molecule has 0 saturated carbocycles. The van der Waals surface area contributed by atoms with Crippen LogP contribution in [-0.4, -0.2) is 42.1 Å². The summed E-state index contributed by atoms with van der Waals surface area (Å²) in [5.74, 6) is 0.0403. The first kappa shape index (κ1) is 15.5. The van der Waals surface area contributed by atoms with Crippen LogP contribution in [0.15, 0.2) is 30.3 Å². The second-order valence-corrected chi connectivity index (χ2v) is 5.39. The number of morpholine rings is 1. The van der Waals surface area contributed by atoms with Crippen LogP contribution in [0.25, 0.3) is 0 Å². The van der Waals surface area contributed by atoms with Gasteiger partial charge < -0.3 is 9.47 Å². The first-order chi connectivity index (χ1) is 10.1. The molecule has 0 aromatic heterocycles. The lowest BCUT2D eigenvalue weighted by Gasteiger charge is -2.39. The molecule has 1 aliphatic rings. The summed E-state index contributed by atoms with van der Waals surface area (Å²) in [7, 11) is 0. The van der Waals surface area contributed by atoms with Crippen LogP contribution in [0.1, 0.15) is 25.8 Å². The molecule has 1 aliphatic heterocycles. The van der Waals surface area contributed by atoms with Gasteiger partial charge in [0.05, 0.1) is 25.3 Å². The normalized spacial score (nSPS) is 21.9. The minimum absolute atomic E-state index is 0.0403. The van der Waals surface area contributed by atoms with E-state index in [1.807, 2.05) is 37.3 Å². The van der Waals surface area contributed by atoms with E-state index in [2.05, 4.69) is 0 Å². The Bertz CT molecular complexity index is 488. The van der Waals surface area contributed by atoms with Crippen molar-refractivity contribution in [1.29, 1.82) is 0 Å². The fourth-order valence-electron chi connectivity index (χ4n) is 2.51. The number of nitrogens with zero attached hydrogens (tertiary/aromatic N) is 1. The summed E-state index contributed by atoms with van der Waals surface area (Å²) < 4.78 is 10.8. The van der Waals surface area contributed by atoms with Crippen molar-refractivity contribution in [3.63, 3.8) is 0 Å². The topological polar surface area (TPSA) is 55.8 Å². The van der Waals surface area contributed by atoms with Gasteiger partial charge in [0, 0.05) is 6.42 Å². The van der Waals surface area contributed by atoms with Crippen molar-refractivity contribution in [2.75, 3.05) is 13.2 Å². The molecule has 114 valence electrons. The summed E-state index contributed by atoms with van der Waals surface area (Å²) in [4.78, 5) is 25.3. The van der Waals surface area contributed by atoms with E-state index < -0.39 is 0 Å². The Kier molecular flexibility index (Phi) is 5.33. The van der Waals surface area contributed by atoms with Gasteiger partial charge in [0.15, 0.2) is 0 Å². The van der Waals surface area contributed by atoms with Gasteiger partial charge in [0.2, 0.25) is 0 Å². The third-order valence-electron chi connectivity index (χ3n) is 3.48. The standard InChI is InChI=1S/C16H21NO4/c1-12-9-20-11-15(8-13(2)18)17(12)16(19)21-10-14-6-4-3-5-7-14/h3-7,12,15H,8-11H2,1-2H3/t12-,15-/m0/s1. The van der Waals surface area contributed by atoms with Crippen LogP contribution in [0.3, 0.4) is 0 Å². The molecule has 1 saturated heterocycles. The van der Waals surface area contributed by atoms with E-state index in [9.17, 15) is 9.59 Å². The molecule has 0 spiro atoms. The van der Waals surface area contributed by atoms with Crippen LogP contribution in [0.2, 0.25) is 0 Å². The summed E-state index contributed by atoms with van der Waals surface area (Å²) >= 11 is 0. The van der Waals surface area contributed by atoms with E-state index in [-0.39, 0.29) is 30.6 Å². The Hall–Kier alpha value is -1.88. The van der Waals surface area contributed by atoms with Crippen LogP contribution in [0.5, 0.6) is 0 Å². The molecule has 2 atom stereocenters. The molecule has 5 nitrogen and oxygen atoms in total. The highest BCUT2D eigenvalue weighted by atomic mass is 16.6. The molecule has 1 aromatic rings. The average Bonchev–Trinajstić information content (AvgIpc) is 2.45. The molecule has 21 heavy (non-hydrogen) atoms. The fraction of sp³-hybridized carbons (Fsp3) is 0.500. The molecule has 1 amide bonds. The fourth-order valence-corrected chi connectivity index (χ4v) is 2.51. The number of carbonyl (C=O) groups excluding carboxylic acids is 2. The molecular weight excluding hydrogens is 270 g/mol. The van der Waals surface area contributed by atoms with Crippen molar-refractivity contribution in [3.8, 4) is 0 Å². The van der Waals surface area contributed by atoms with Crippen LogP contribution in [0, 0.1) is 0 Å². The molecular formula is C16H21NO4. The maximum Gasteiger partial charge on any atom is 0.410 e. The van der Waals surface area contributed by atoms with E-state index in [0.29, 0.717) is 19.6 Å². The number of hydrogen-bond acceptors (Lipinski definition) is 4. The Balaban J connectivity index is 1.98. The largest absolute Gasteiger partial charge is 0.445 e. The number of ether oxygens (including phenoxy) is 2. The second-order valence-electron chi connectivity index (χ2n) is 5.39. The molecule has 0 bridgehead atoms. The van der Waals surface area contributed by atoms with Crippen molar-refractivity contribution in [3.05, 3.63) is 35.9 Å².